The molecule has 156 valence electrons. The van der Waals surface area contributed by atoms with Crippen LogP contribution in [0.2, 0.25) is 0 Å². The molecule has 0 spiro atoms. The monoisotopic (exact) mass is 399 g/mol. The Labute approximate surface area is 171 Å². The normalized spacial score (nSPS) is 21.6. The lowest BCUT2D eigenvalue weighted by molar-refractivity contribution is -0.286. The van der Waals surface area contributed by atoms with Gasteiger partial charge in [-0.05, 0) is 25.0 Å². The molecule has 0 radical (unpaired) electrons. The quantitative estimate of drug-likeness (QED) is 0.377. The number of nitrogens with one attached hydrogen (secondary N) is 2. The number of hydrogen-bond acceptors (Lipinski definition) is 5. The second kappa shape index (κ2) is 10.4. The van der Waals surface area contributed by atoms with Gasteiger partial charge < -0.3 is 19.9 Å². The summed E-state index contributed by atoms with van der Waals surface area (Å²) in [5.74, 6) is -0.274. The van der Waals surface area contributed by atoms with E-state index in [2.05, 4.69) is 15.8 Å². The molecule has 2 aromatic carbocycles. The van der Waals surface area contributed by atoms with Crippen LogP contribution in [0.5, 0.6) is 0 Å². The summed E-state index contributed by atoms with van der Waals surface area (Å²) in [6.45, 7) is 4.79. The molecule has 3 N–H and O–H groups in total. The van der Waals surface area contributed by atoms with E-state index in [9.17, 15) is 5.11 Å². The van der Waals surface area contributed by atoms with Crippen molar-refractivity contribution in [3.05, 3.63) is 71.8 Å². The van der Waals surface area contributed by atoms with Crippen LogP contribution in [0, 0.1) is 0 Å². The molecule has 1 fully saturated rings. The minimum Gasteiger partial charge on any atom is -0.394 e. The zero-order valence-electron chi connectivity index (χ0n) is 16.9. The Morgan fingerprint density at radius 2 is 1.76 bits per heavy atom. The van der Waals surface area contributed by atoms with Crippen molar-refractivity contribution < 1.29 is 19.4 Å². The van der Waals surface area contributed by atoms with Crippen molar-refractivity contribution in [2.75, 3.05) is 13.2 Å². The van der Waals surface area contributed by atoms with Crippen LogP contribution in [0.3, 0.4) is 0 Å². The topological polar surface area (TPSA) is 84.3 Å². The van der Waals surface area contributed by atoms with Crippen LogP contribution in [-0.2, 0) is 27.5 Å². The number of rotatable bonds is 7. The van der Waals surface area contributed by atoms with Crippen LogP contribution in [0.1, 0.15) is 25.0 Å². The number of hydroxylamine groups is 1. The third kappa shape index (κ3) is 6.83. The van der Waals surface area contributed by atoms with E-state index in [0.717, 1.165) is 11.1 Å². The van der Waals surface area contributed by atoms with Crippen molar-refractivity contribution in [3.8, 4) is 0 Å². The van der Waals surface area contributed by atoms with Gasteiger partial charge in [-0.15, -0.1) is 0 Å². The third-order valence-corrected chi connectivity index (χ3v) is 4.51. The Balaban J connectivity index is 1.64. The second-order valence-corrected chi connectivity index (χ2v) is 7.33. The van der Waals surface area contributed by atoms with Gasteiger partial charge in [-0.1, -0.05) is 60.7 Å². The highest BCUT2D eigenvalue weighted by Crippen LogP contribution is 2.22. The fourth-order valence-electron chi connectivity index (χ4n) is 2.98. The fourth-order valence-corrected chi connectivity index (χ4v) is 2.98. The van der Waals surface area contributed by atoms with Crippen molar-refractivity contribution in [2.24, 2.45) is 4.99 Å². The SMILES string of the molecule is CC1(C)OC[C@@H](NC(=NCc2ccccc2)NOCc2ccccc2)[C@H](CO)O1. The Bertz CT molecular complexity index is 768. The molecule has 0 amide bonds. The van der Waals surface area contributed by atoms with Gasteiger partial charge in [0.2, 0.25) is 5.96 Å². The van der Waals surface area contributed by atoms with Gasteiger partial charge in [0.1, 0.15) is 6.10 Å². The fraction of sp³-hybridized carbons (Fsp3) is 0.409. The van der Waals surface area contributed by atoms with Crippen molar-refractivity contribution in [3.63, 3.8) is 0 Å². The highest BCUT2D eigenvalue weighted by atomic mass is 16.7. The first-order chi connectivity index (χ1) is 14.1. The Kier molecular flexibility index (Phi) is 7.60. The van der Waals surface area contributed by atoms with Gasteiger partial charge in [-0.25, -0.2) is 10.5 Å². The average Bonchev–Trinajstić information content (AvgIpc) is 2.74. The highest BCUT2D eigenvalue weighted by molar-refractivity contribution is 5.79. The maximum Gasteiger partial charge on any atom is 0.216 e. The summed E-state index contributed by atoms with van der Waals surface area (Å²) < 4.78 is 11.5. The van der Waals surface area contributed by atoms with Gasteiger partial charge in [-0.3, -0.25) is 4.84 Å². The van der Waals surface area contributed by atoms with Crippen LogP contribution < -0.4 is 10.8 Å². The maximum atomic E-state index is 9.73. The van der Waals surface area contributed by atoms with Crippen molar-refractivity contribution >= 4 is 5.96 Å². The van der Waals surface area contributed by atoms with Crippen LogP contribution in [0.25, 0.3) is 0 Å². The Morgan fingerprint density at radius 3 is 2.41 bits per heavy atom. The predicted octanol–water partition coefficient (Wildman–Crippen LogP) is 2.37. The van der Waals surface area contributed by atoms with Crippen LogP contribution in [0.4, 0.5) is 0 Å². The molecule has 7 nitrogen and oxygen atoms in total. The molecule has 0 bridgehead atoms. The van der Waals surface area contributed by atoms with E-state index < -0.39 is 11.9 Å². The molecule has 2 atom stereocenters. The van der Waals surface area contributed by atoms with Gasteiger partial charge in [0.05, 0.1) is 32.4 Å². The molecule has 1 heterocycles. The highest BCUT2D eigenvalue weighted by Gasteiger charge is 2.36. The third-order valence-electron chi connectivity index (χ3n) is 4.51. The lowest BCUT2D eigenvalue weighted by atomic mass is 10.1. The number of guanidine groups is 1. The molecule has 0 aromatic heterocycles. The van der Waals surface area contributed by atoms with Gasteiger partial charge in [0, 0.05) is 0 Å². The Hall–Kier alpha value is -2.45. The molecule has 2 aromatic rings. The van der Waals surface area contributed by atoms with Crippen molar-refractivity contribution in [1.29, 1.82) is 0 Å². The largest absolute Gasteiger partial charge is 0.394 e. The van der Waals surface area contributed by atoms with Crippen LogP contribution in [-0.4, -0.2) is 42.2 Å². The zero-order valence-corrected chi connectivity index (χ0v) is 16.9. The van der Waals surface area contributed by atoms with E-state index in [1.165, 1.54) is 0 Å². The summed E-state index contributed by atoms with van der Waals surface area (Å²) in [5.41, 5.74) is 5.02. The van der Waals surface area contributed by atoms with Gasteiger partial charge in [0.15, 0.2) is 5.79 Å². The number of nitrogens with zero attached hydrogens (tertiary/aromatic N) is 1. The maximum absolute atomic E-state index is 9.73. The molecule has 1 aliphatic rings. The Morgan fingerprint density at radius 1 is 1.10 bits per heavy atom. The van der Waals surface area contributed by atoms with E-state index in [0.29, 0.717) is 25.7 Å². The number of ether oxygens (including phenoxy) is 2. The molecule has 7 heteroatoms. The smallest absolute Gasteiger partial charge is 0.216 e. The molecule has 3 rings (SSSR count). The minimum atomic E-state index is -0.732. The molecule has 0 saturated carbocycles. The summed E-state index contributed by atoms with van der Waals surface area (Å²) in [6, 6.07) is 19.5. The van der Waals surface area contributed by atoms with E-state index in [4.69, 9.17) is 14.3 Å². The summed E-state index contributed by atoms with van der Waals surface area (Å²) in [4.78, 5) is 10.2. The van der Waals surface area contributed by atoms with Crippen molar-refractivity contribution in [1.82, 2.24) is 10.8 Å². The molecular weight excluding hydrogens is 370 g/mol. The van der Waals surface area contributed by atoms with E-state index in [1.54, 1.807) is 0 Å². The van der Waals surface area contributed by atoms with Gasteiger partial charge >= 0.3 is 0 Å². The molecule has 0 aliphatic carbocycles. The van der Waals surface area contributed by atoms with E-state index in [1.807, 2.05) is 74.5 Å². The van der Waals surface area contributed by atoms with E-state index in [-0.39, 0.29) is 12.6 Å². The first-order valence-electron chi connectivity index (χ1n) is 9.75. The summed E-state index contributed by atoms with van der Waals surface area (Å²) in [6.07, 6.45) is -0.420. The van der Waals surface area contributed by atoms with Crippen LogP contribution in [0.15, 0.2) is 65.7 Å². The molecule has 29 heavy (non-hydrogen) atoms. The number of aliphatic imine (C=N–C) groups is 1. The number of hydrogen-bond donors (Lipinski definition) is 3. The second-order valence-electron chi connectivity index (χ2n) is 7.33. The number of benzene rings is 2. The van der Waals surface area contributed by atoms with Crippen LogP contribution >= 0.6 is 0 Å². The number of aliphatic hydroxyl groups excluding tert-OH is 1. The summed E-state index contributed by atoms with van der Waals surface area (Å²) in [5, 5.41) is 13.0. The molecule has 0 unspecified atom stereocenters. The minimum absolute atomic E-state index is 0.124. The zero-order chi connectivity index (χ0) is 20.5. The lowest BCUT2D eigenvalue weighted by Crippen LogP contribution is -2.59. The predicted molar refractivity (Wildman–Crippen MR) is 111 cm³/mol. The van der Waals surface area contributed by atoms with Crippen molar-refractivity contribution in [2.45, 2.75) is 44.9 Å². The first-order valence-corrected chi connectivity index (χ1v) is 9.75. The molecule has 1 saturated heterocycles. The molecule has 1 aliphatic heterocycles. The average molecular weight is 399 g/mol. The standard InChI is InChI=1S/C22H29N3O4/c1-22(2)27-16-19(20(14-26)29-22)24-21(23-13-17-9-5-3-6-10-17)25-28-15-18-11-7-4-8-12-18/h3-12,19-20,26H,13-16H2,1-2H3,(H2,23,24,25)/t19-,20+/m1/s1. The summed E-state index contributed by atoms with van der Waals surface area (Å²) >= 11 is 0. The first kappa shape index (κ1) is 21.3. The molecular formula is C22H29N3O4. The van der Waals surface area contributed by atoms with Gasteiger partial charge in [0.25, 0.3) is 0 Å². The lowest BCUT2D eigenvalue weighted by Gasteiger charge is -2.40. The number of aliphatic hydroxyl groups is 1. The summed E-state index contributed by atoms with van der Waals surface area (Å²) in [7, 11) is 0. The van der Waals surface area contributed by atoms with E-state index >= 15 is 0 Å². The van der Waals surface area contributed by atoms with Gasteiger partial charge in [-0.2, -0.15) is 0 Å².